The third-order valence-electron chi connectivity index (χ3n) is 6.03. The molecule has 1 aliphatic carbocycles. The Morgan fingerprint density at radius 2 is 1.41 bits per heavy atom. The molecule has 1 atom stereocenters. The van der Waals surface area contributed by atoms with Gasteiger partial charge in [-0.25, -0.2) is 4.39 Å². The van der Waals surface area contributed by atoms with E-state index in [0.717, 1.165) is 56.2 Å². The lowest BCUT2D eigenvalue weighted by molar-refractivity contribution is -0.304. The van der Waals surface area contributed by atoms with Gasteiger partial charge in [-0.15, -0.1) is 0 Å². The van der Waals surface area contributed by atoms with Crippen LogP contribution < -0.4 is 4.74 Å². The van der Waals surface area contributed by atoms with Crippen LogP contribution in [0.3, 0.4) is 0 Å². The Bertz CT molecular complexity index is 875. The number of benzene rings is 2. The van der Waals surface area contributed by atoms with Gasteiger partial charge in [-0.3, -0.25) is 0 Å². The van der Waals surface area contributed by atoms with Gasteiger partial charge in [0.05, 0.1) is 6.10 Å². The number of hydrogen-bond donors (Lipinski definition) is 0. The Morgan fingerprint density at radius 1 is 0.853 bits per heavy atom. The van der Waals surface area contributed by atoms with Crippen molar-refractivity contribution < 1.29 is 40.6 Å². The SMILES string of the molecule is COCOC1CCC(CCc2ccc(-c3ccc(OC(F)(F)C(F)C(F)(F)F)cc3)cc2)CC1. The van der Waals surface area contributed by atoms with E-state index >= 15 is 0 Å². The lowest BCUT2D eigenvalue weighted by Crippen LogP contribution is -2.45. The first-order valence-corrected chi connectivity index (χ1v) is 11.2. The fourth-order valence-electron chi connectivity index (χ4n) is 4.10. The minimum atomic E-state index is -5.72. The molecule has 1 saturated carbocycles. The van der Waals surface area contributed by atoms with Gasteiger partial charge < -0.3 is 14.2 Å². The van der Waals surface area contributed by atoms with E-state index in [9.17, 15) is 26.3 Å². The molecule has 9 heteroatoms. The molecule has 0 spiro atoms. The largest absolute Gasteiger partial charge is 0.439 e. The third-order valence-corrected chi connectivity index (χ3v) is 6.03. The maximum atomic E-state index is 13.4. The monoisotopic (exact) mass is 490 g/mol. The first-order valence-electron chi connectivity index (χ1n) is 11.2. The first-order chi connectivity index (χ1) is 16.1. The van der Waals surface area contributed by atoms with Crippen LogP contribution >= 0.6 is 0 Å². The number of aryl methyl sites for hydroxylation is 1. The van der Waals surface area contributed by atoms with Crippen molar-refractivity contribution in [3.05, 3.63) is 54.1 Å². The van der Waals surface area contributed by atoms with Gasteiger partial charge in [0.2, 0.25) is 0 Å². The van der Waals surface area contributed by atoms with Gasteiger partial charge in [0.1, 0.15) is 12.5 Å². The van der Waals surface area contributed by atoms with Crippen LogP contribution in [0.5, 0.6) is 5.75 Å². The third kappa shape index (κ3) is 7.37. The van der Waals surface area contributed by atoms with E-state index in [2.05, 4.69) is 4.74 Å². The van der Waals surface area contributed by atoms with Gasteiger partial charge in [0, 0.05) is 7.11 Å². The van der Waals surface area contributed by atoms with Crippen molar-refractivity contribution in [3.63, 3.8) is 0 Å². The van der Waals surface area contributed by atoms with E-state index in [1.54, 1.807) is 7.11 Å². The van der Waals surface area contributed by atoms with Crippen molar-refractivity contribution in [1.29, 1.82) is 0 Å². The molecule has 1 unspecified atom stereocenters. The summed E-state index contributed by atoms with van der Waals surface area (Å²) in [6.45, 7) is 0.333. The summed E-state index contributed by atoms with van der Waals surface area (Å²) in [5.74, 6) is 0.105. The fourth-order valence-corrected chi connectivity index (χ4v) is 4.10. The summed E-state index contributed by atoms with van der Waals surface area (Å²) in [5.41, 5.74) is 2.67. The van der Waals surface area contributed by atoms with E-state index in [-0.39, 0.29) is 6.10 Å². The van der Waals surface area contributed by atoms with Crippen molar-refractivity contribution in [2.24, 2.45) is 5.92 Å². The quantitative estimate of drug-likeness (QED) is 0.258. The zero-order valence-electron chi connectivity index (χ0n) is 18.8. The summed E-state index contributed by atoms with van der Waals surface area (Å²) < 4.78 is 91.1. The number of halogens is 6. The Hall–Kier alpha value is -2.26. The van der Waals surface area contributed by atoms with Crippen LogP contribution in [-0.2, 0) is 15.9 Å². The van der Waals surface area contributed by atoms with Crippen molar-refractivity contribution in [1.82, 2.24) is 0 Å². The topological polar surface area (TPSA) is 27.7 Å². The van der Waals surface area contributed by atoms with Gasteiger partial charge in [0.25, 0.3) is 6.17 Å². The van der Waals surface area contributed by atoms with Gasteiger partial charge in [-0.1, -0.05) is 36.4 Å². The zero-order chi connectivity index (χ0) is 24.8. The van der Waals surface area contributed by atoms with Crippen molar-refractivity contribution in [2.45, 2.75) is 63.1 Å². The minimum Gasteiger partial charge on any atom is -0.430 e. The standard InChI is InChI=1S/C25H28F6O3/c1-32-16-33-21-12-6-18(7-13-21)3-2-17-4-8-19(9-5-17)20-10-14-22(15-11-20)34-25(30,31)23(26)24(27,28)29/h4-5,8-11,14-15,18,21,23H,2-3,6-7,12-13,16H2,1H3. The summed E-state index contributed by atoms with van der Waals surface area (Å²) in [4.78, 5) is 0. The van der Waals surface area contributed by atoms with Crippen LogP contribution in [0, 0.1) is 5.92 Å². The Morgan fingerprint density at radius 3 is 1.94 bits per heavy atom. The molecule has 188 valence electrons. The van der Waals surface area contributed by atoms with Crippen molar-refractivity contribution in [2.75, 3.05) is 13.9 Å². The normalized spacial score (nSPS) is 20.2. The maximum absolute atomic E-state index is 13.4. The molecule has 2 aromatic rings. The highest BCUT2D eigenvalue weighted by molar-refractivity contribution is 5.64. The number of methoxy groups -OCH3 is 1. The van der Waals surface area contributed by atoms with Crippen LogP contribution in [-0.4, -0.2) is 38.5 Å². The van der Waals surface area contributed by atoms with Crippen LogP contribution in [0.4, 0.5) is 26.3 Å². The summed E-state index contributed by atoms with van der Waals surface area (Å²) in [7, 11) is 1.62. The van der Waals surface area contributed by atoms with E-state index in [0.29, 0.717) is 18.3 Å². The molecule has 0 heterocycles. The molecule has 0 bridgehead atoms. The molecule has 0 aliphatic heterocycles. The molecule has 1 fully saturated rings. The molecule has 0 aromatic heterocycles. The lowest BCUT2D eigenvalue weighted by Gasteiger charge is -2.28. The highest BCUT2D eigenvalue weighted by atomic mass is 19.4. The average molecular weight is 490 g/mol. The second-order valence-electron chi connectivity index (χ2n) is 8.54. The molecule has 0 N–H and O–H groups in total. The molecule has 34 heavy (non-hydrogen) atoms. The molecule has 0 amide bonds. The van der Waals surface area contributed by atoms with E-state index in [1.807, 2.05) is 24.3 Å². The van der Waals surface area contributed by atoms with Gasteiger partial charge in [0.15, 0.2) is 0 Å². The van der Waals surface area contributed by atoms with Crippen LogP contribution in [0.25, 0.3) is 11.1 Å². The predicted molar refractivity (Wildman–Crippen MR) is 115 cm³/mol. The molecule has 3 rings (SSSR count). The Labute approximate surface area is 195 Å². The summed E-state index contributed by atoms with van der Waals surface area (Å²) in [5, 5.41) is 0. The first kappa shape index (κ1) is 26.3. The van der Waals surface area contributed by atoms with E-state index in [4.69, 9.17) is 9.47 Å². The molecular formula is C25H28F6O3. The van der Waals surface area contributed by atoms with Crippen molar-refractivity contribution in [3.8, 4) is 16.9 Å². The van der Waals surface area contributed by atoms with E-state index < -0.39 is 24.2 Å². The molecule has 3 nitrogen and oxygen atoms in total. The van der Waals surface area contributed by atoms with Gasteiger partial charge in [-0.2, -0.15) is 22.0 Å². The average Bonchev–Trinajstić information content (AvgIpc) is 2.81. The smallest absolute Gasteiger partial charge is 0.430 e. The van der Waals surface area contributed by atoms with Crippen LogP contribution in [0.2, 0.25) is 0 Å². The number of rotatable bonds is 10. The van der Waals surface area contributed by atoms with E-state index in [1.165, 1.54) is 17.7 Å². The van der Waals surface area contributed by atoms with Crippen LogP contribution in [0.1, 0.15) is 37.7 Å². The second-order valence-corrected chi connectivity index (χ2v) is 8.54. The molecular weight excluding hydrogens is 462 g/mol. The van der Waals surface area contributed by atoms with Gasteiger partial charge in [-0.05, 0) is 73.3 Å². The second kappa shape index (κ2) is 11.4. The number of ether oxygens (including phenoxy) is 3. The molecule has 1 aliphatic rings. The van der Waals surface area contributed by atoms with Crippen LogP contribution in [0.15, 0.2) is 48.5 Å². The maximum Gasteiger partial charge on any atom is 0.439 e. The predicted octanol–water partition coefficient (Wildman–Crippen LogP) is 7.34. The summed E-state index contributed by atoms with van der Waals surface area (Å²) >= 11 is 0. The summed E-state index contributed by atoms with van der Waals surface area (Å²) in [6.07, 6.45) is -8.49. The molecule has 0 radical (unpaired) electrons. The highest BCUT2D eigenvalue weighted by Crippen LogP contribution is 2.37. The number of hydrogen-bond acceptors (Lipinski definition) is 3. The Balaban J connectivity index is 1.50. The van der Waals surface area contributed by atoms with Gasteiger partial charge >= 0.3 is 12.3 Å². The number of alkyl halides is 6. The Kier molecular flexibility index (Phi) is 8.87. The summed E-state index contributed by atoms with van der Waals surface area (Å²) in [6, 6.07) is 12.8. The fraction of sp³-hybridized carbons (Fsp3) is 0.520. The van der Waals surface area contributed by atoms with Crippen molar-refractivity contribution >= 4 is 0 Å². The lowest BCUT2D eigenvalue weighted by atomic mass is 9.83. The highest BCUT2D eigenvalue weighted by Gasteiger charge is 2.59. The molecule has 0 saturated heterocycles. The minimum absolute atomic E-state index is 0.279. The zero-order valence-corrected chi connectivity index (χ0v) is 18.8. The molecule has 2 aromatic carbocycles.